The van der Waals surface area contributed by atoms with E-state index in [0.717, 1.165) is 0 Å². The zero-order chi connectivity index (χ0) is 12.8. The van der Waals surface area contributed by atoms with Crippen LogP contribution in [0, 0.1) is 4.77 Å². The lowest BCUT2D eigenvalue weighted by atomic mass is 10.3. The van der Waals surface area contributed by atoms with Crippen molar-refractivity contribution in [2.45, 2.75) is 19.9 Å². The molecule has 5 nitrogen and oxygen atoms in total. The van der Waals surface area contributed by atoms with E-state index in [9.17, 15) is 9.59 Å². The molecule has 0 bridgehead atoms. The molecule has 0 saturated heterocycles. The molecule has 0 amide bonds. The highest BCUT2D eigenvalue weighted by atomic mass is 32.1. The fraction of sp³-hybridized carbons (Fsp3) is 0.364. The number of aryl methyl sites for hydroxylation is 1. The molecule has 92 valence electrons. The van der Waals surface area contributed by atoms with E-state index in [1.807, 2.05) is 0 Å². The van der Waals surface area contributed by atoms with E-state index in [2.05, 4.69) is 11.6 Å². The Kier molecular flexibility index (Phi) is 4.84. The van der Waals surface area contributed by atoms with Crippen LogP contribution in [0.5, 0.6) is 0 Å². The fourth-order valence-corrected chi connectivity index (χ4v) is 1.40. The molecule has 0 aromatic carbocycles. The third-order valence-corrected chi connectivity index (χ3v) is 2.36. The Labute approximate surface area is 104 Å². The van der Waals surface area contributed by atoms with Crippen molar-refractivity contribution < 1.29 is 9.53 Å². The Bertz CT molecular complexity index is 530. The summed E-state index contributed by atoms with van der Waals surface area (Å²) in [4.78, 5) is 24.5. The smallest absolute Gasteiger partial charge is 0.333 e. The van der Waals surface area contributed by atoms with Crippen LogP contribution in [0.3, 0.4) is 0 Å². The van der Waals surface area contributed by atoms with Crippen molar-refractivity contribution in [3.05, 3.63) is 39.5 Å². The van der Waals surface area contributed by atoms with Gasteiger partial charge in [0.1, 0.15) is 0 Å². The van der Waals surface area contributed by atoms with Crippen LogP contribution in [0.15, 0.2) is 29.2 Å². The first kappa shape index (κ1) is 13.4. The number of rotatable bonds is 5. The Hall–Kier alpha value is -1.69. The van der Waals surface area contributed by atoms with Gasteiger partial charge in [-0.05, 0) is 25.6 Å². The second-order valence-corrected chi connectivity index (χ2v) is 3.96. The van der Waals surface area contributed by atoms with E-state index in [1.165, 1.54) is 6.07 Å². The summed E-state index contributed by atoms with van der Waals surface area (Å²) in [6, 6.07) is 1.40. The van der Waals surface area contributed by atoms with Gasteiger partial charge in [-0.25, -0.2) is 4.79 Å². The predicted molar refractivity (Wildman–Crippen MR) is 66.3 cm³/mol. The van der Waals surface area contributed by atoms with E-state index in [1.54, 1.807) is 17.7 Å². The molecule has 0 aliphatic carbocycles. The minimum atomic E-state index is -0.393. The van der Waals surface area contributed by atoms with Gasteiger partial charge >= 0.3 is 5.97 Å². The SMILES string of the molecule is C=C(C)C(=O)OCCCn1ccc(=O)[nH]c1=S. The maximum absolute atomic E-state index is 11.1. The summed E-state index contributed by atoms with van der Waals surface area (Å²) in [6.07, 6.45) is 2.24. The number of nitrogens with zero attached hydrogens (tertiary/aromatic N) is 1. The molecule has 0 aliphatic rings. The number of hydrogen-bond acceptors (Lipinski definition) is 4. The molecule has 1 aromatic rings. The van der Waals surface area contributed by atoms with Crippen LogP contribution in [0.25, 0.3) is 0 Å². The molecule has 1 N–H and O–H groups in total. The second-order valence-electron chi connectivity index (χ2n) is 3.57. The topological polar surface area (TPSA) is 64.1 Å². The van der Waals surface area contributed by atoms with Gasteiger partial charge in [0.25, 0.3) is 5.56 Å². The highest BCUT2D eigenvalue weighted by Crippen LogP contribution is 1.96. The van der Waals surface area contributed by atoms with Crippen LogP contribution in [0.1, 0.15) is 13.3 Å². The number of nitrogens with one attached hydrogen (secondary N) is 1. The molecule has 0 unspecified atom stereocenters. The molecular formula is C11H14N2O3S. The molecule has 0 spiro atoms. The lowest BCUT2D eigenvalue weighted by molar-refractivity contribution is -0.139. The molecule has 1 aromatic heterocycles. The lowest BCUT2D eigenvalue weighted by Crippen LogP contribution is -2.13. The van der Waals surface area contributed by atoms with Crippen molar-refractivity contribution in [2.24, 2.45) is 0 Å². The van der Waals surface area contributed by atoms with E-state index >= 15 is 0 Å². The fourth-order valence-electron chi connectivity index (χ4n) is 1.14. The monoisotopic (exact) mass is 254 g/mol. The first-order chi connectivity index (χ1) is 8.00. The quantitative estimate of drug-likeness (QED) is 0.373. The van der Waals surface area contributed by atoms with Gasteiger partial charge in [0.2, 0.25) is 0 Å². The minimum Gasteiger partial charge on any atom is -0.462 e. The third-order valence-electron chi connectivity index (χ3n) is 2.02. The number of ether oxygens (including phenoxy) is 1. The molecule has 0 saturated carbocycles. The van der Waals surface area contributed by atoms with Crippen LogP contribution >= 0.6 is 12.2 Å². The van der Waals surface area contributed by atoms with Crippen molar-refractivity contribution in [3.8, 4) is 0 Å². The summed E-state index contributed by atoms with van der Waals surface area (Å²) < 4.78 is 7.01. The zero-order valence-electron chi connectivity index (χ0n) is 9.56. The summed E-state index contributed by atoms with van der Waals surface area (Å²) in [5.41, 5.74) is 0.158. The van der Waals surface area contributed by atoms with Gasteiger partial charge in [-0.1, -0.05) is 6.58 Å². The normalized spacial score (nSPS) is 9.94. The van der Waals surface area contributed by atoms with Gasteiger partial charge in [-0.2, -0.15) is 0 Å². The Morgan fingerprint density at radius 3 is 2.94 bits per heavy atom. The second kappa shape index (κ2) is 6.15. The number of esters is 1. The largest absolute Gasteiger partial charge is 0.462 e. The van der Waals surface area contributed by atoms with Crippen molar-refractivity contribution in [1.82, 2.24) is 9.55 Å². The number of carbonyl (C=O) groups excluding carboxylic acids is 1. The summed E-state index contributed by atoms with van der Waals surface area (Å²) in [5, 5.41) is 0. The highest BCUT2D eigenvalue weighted by Gasteiger charge is 2.02. The standard InChI is InChI=1S/C11H14N2O3S/c1-8(2)10(15)16-7-3-5-13-6-4-9(14)12-11(13)17/h4,6H,1,3,5,7H2,2H3,(H,12,14,17). The van der Waals surface area contributed by atoms with Crippen molar-refractivity contribution in [3.63, 3.8) is 0 Å². The van der Waals surface area contributed by atoms with Gasteiger partial charge in [-0.15, -0.1) is 0 Å². The van der Waals surface area contributed by atoms with Gasteiger partial charge in [0.15, 0.2) is 4.77 Å². The molecule has 6 heteroatoms. The Morgan fingerprint density at radius 1 is 1.65 bits per heavy atom. The molecule has 0 aliphatic heterocycles. The molecule has 0 fully saturated rings. The summed E-state index contributed by atoms with van der Waals surface area (Å²) in [6.45, 7) is 5.96. The van der Waals surface area contributed by atoms with Crippen LogP contribution in [0.4, 0.5) is 0 Å². The Balaban J connectivity index is 2.42. The van der Waals surface area contributed by atoms with Crippen molar-refractivity contribution in [2.75, 3.05) is 6.61 Å². The lowest BCUT2D eigenvalue weighted by Gasteiger charge is -2.06. The number of aromatic amines is 1. The van der Waals surface area contributed by atoms with E-state index < -0.39 is 5.97 Å². The van der Waals surface area contributed by atoms with E-state index in [4.69, 9.17) is 17.0 Å². The van der Waals surface area contributed by atoms with Crippen LogP contribution in [-0.4, -0.2) is 22.1 Å². The van der Waals surface area contributed by atoms with Gasteiger partial charge < -0.3 is 9.30 Å². The van der Waals surface area contributed by atoms with Crippen LogP contribution < -0.4 is 5.56 Å². The number of hydrogen-bond donors (Lipinski definition) is 1. The first-order valence-corrected chi connectivity index (χ1v) is 5.54. The molecule has 0 radical (unpaired) electrons. The van der Waals surface area contributed by atoms with E-state index in [-0.39, 0.29) is 5.56 Å². The van der Waals surface area contributed by atoms with Crippen LogP contribution in [0.2, 0.25) is 0 Å². The molecule has 0 atom stereocenters. The average molecular weight is 254 g/mol. The van der Waals surface area contributed by atoms with E-state index in [0.29, 0.717) is 29.9 Å². The first-order valence-electron chi connectivity index (χ1n) is 5.13. The number of aromatic nitrogens is 2. The highest BCUT2D eigenvalue weighted by molar-refractivity contribution is 7.71. The van der Waals surface area contributed by atoms with Crippen molar-refractivity contribution in [1.29, 1.82) is 0 Å². The van der Waals surface area contributed by atoms with Gasteiger partial charge in [0, 0.05) is 24.4 Å². The summed E-state index contributed by atoms with van der Waals surface area (Å²) in [7, 11) is 0. The van der Waals surface area contributed by atoms with Crippen molar-refractivity contribution >= 4 is 18.2 Å². The minimum absolute atomic E-state index is 0.222. The molecule has 1 rings (SSSR count). The Morgan fingerprint density at radius 2 is 2.35 bits per heavy atom. The average Bonchev–Trinajstić information content (AvgIpc) is 2.26. The van der Waals surface area contributed by atoms with Gasteiger partial charge in [0.05, 0.1) is 6.61 Å². The van der Waals surface area contributed by atoms with Gasteiger partial charge in [-0.3, -0.25) is 9.78 Å². The predicted octanol–water partition coefficient (Wildman–Crippen LogP) is 1.42. The number of carbonyl (C=O) groups is 1. The van der Waals surface area contributed by atoms with Crippen LogP contribution in [-0.2, 0) is 16.1 Å². The molecule has 1 heterocycles. The maximum atomic E-state index is 11.1. The summed E-state index contributed by atoms with van der Waals surface area (Å²) in [5.74, 6) is -0.393. The summed E-state index contributed by atoms with van der Waals surface area (Å²) >= 11 is 4.97. The molecule has 17 heavy (non-hydrogen) atoms. The molecular weight excluding hydrogens is 240 g/mol. The number of H-pyrrole nitrogens is 1. The zero-order valence-corrected chi connectivity index (χ0v) is 10.4. The third kappa shape index (κ3) is 4.36. The maximum Gasteiger partial charge on any atom is 0.333 e.